The van der Waals surface area contributed by atoms with Crippen LogP contribution in [0, 0.1) is 6.92 Å². The molecule has 2 aromatic carbocycles. The van der Waals surface area contributed by atoms with E-state index in [1.54, 1.807) is 6.07 Å². The summed E-state index contributed by atoms with van der Waals surface area (Å²) in [4.78, 5) is 11.8. The lowest BCUT2D eigenvalue weighted by molar-refractivity contribution is 0.0601. The van der Waals surface area contributed by atoms with E-state index in [-0.39, 0.29) is 5.97 Å². The van der Waals surface area contributed by atoms with E-state index in [0.717, 1.165) is 21.2 Å². The van der Waals surface area contributed by atoms with Crippen molar-refractivity contribution in [1.82, 2.24) is 0 Å². The number of hydrogen-bond acceptors (Lipinski definition) is 2. The van der Waals surface area contributed by atoms with E-state index in [0.29, 0.717) is 5.56 Å². The highest BCUT2D eigenvalue weighted by Gasteiger charge is 2.13. The molecule has 0 heterocycles. The van der Waals surface area contributed by atoms with Gasteiger partial charge in [0.25, 0.3) is 0 Å². The maximum Gasteiger partial charge on any atom is 0.338 e. The Morgan fingerprint density at radius 3 is 2.61 bits per heavy atom. The summed E-state index contributed by atoms with van der Waals surface area (Å²) >= 11 is 3.37. The van der Waals surface area contributed by atoms with E-state index in [9.17, 15) is 4.79 Å². The number of carbonyl (C=O) groups excluding carboxylic acids is 1. The monoisotopic (exact) mass is 304 g/mol. The molecule has 0 atom stereocenters. The maximum atomic E-state index is 11.8. The van der Waals surface area contributed by atoms with Gasteiger partial charge in [-0.05, 0) is 30.2 Å². The first-order valence-electron chi connectivity index (χ1n) is 5.56. The van der Waals surface area contributed by atoms with E-state index in [4.69, 9.17) is 4.74 Å². The second kappa shape index (κ2) is 5.36. The molecule has 0 N–H and O–H groups in total. The normalized spacial score (nSPS) is 10.2. The number of carbonyl (C=O) groups is 1. The lowest BCUT2D eigenvalue weighted by Gasteiger charge is -2.09. The molecule has 0 aromatic heterocycles. The summed E-state index contributed by atoms with van der Waals surface area (Å²) in [7, 11) is 1.39. The van der Waals surface area contributed by atoms with Gasteiger partial charge in [-0.2, -0.15) is 0 Å². The average Bonchev–Trinajstić information content (AvgIpc) is 2.37. The summed E-state index contributed by atoms with van der Waals surface area (Å²) in [6.45, 7) is 2.03. The number of methoxy groups -OCH3 is 1. The molecule has 0 amide bonds. The molecule has 0 spiro atoms. The molecular weight excluding hydrogens is 292 g/mol. The average molecular weight is 305 g/mol. The van der Waals surface area contributed by atoms with Crippen LogP contribution in [-0.4, -0.2) is 13.1 Å². The molecule has 0 aliphatic carbocycles. The fourth-order valence-electron chi connectivity index (χ4n) is 1.86. The van der Waals surface area contributed by atoms with Crippen molar-refractivity contribution < 1.29 is 9.53 Å². The first-order chi connectivity index (χ1) is 8.61. The summed E-state index contributed by atoms with van der Waals surface area (Å²) in [5.74, 6) is -0.326. The van der Waals surface area contributed by atoms with Crippen LogP contribution in [0.3, 0.4) is 0 Å². The summed E-state index contributed by atoms with van der Waals surface area (Å²) in [5.41, 5.74) is 3.63. The molecule has 0 radical (unpaired) electrons. The number of rotatable bonds is 2. The Bertz CT molecular complexity index is 591. The maximum absolute atomic E-state index is 11.8. The highest BCUT2D eigenvalue weighted by molar-refractivity contribution is 9.10. The second-order valence-corrected chi connectivity index (χ2v) is 4.97. The number of benzene rings is 2. The second-order valence-electron chi connectivity index (χ2n) is 4.05. The van der Waals surface area contributed by atoms with Crippen molar-refractivity contribution in [2.24, 2.45) is 0 Å². The molecule has 0 fully saturated rings. The molecule has 0 unspecified atom stereocenters. The van der Waals surface area contributed by atoms with Gasteiger partial charge in [-0.15, -0.1) is 0 Å². The van der Waals surface area contributed by atoms with Crippen molar-refractivity contribution in [3.8, 4) is 11.1 Å². The van der Waals surface area contributed by atoms with Gasteiger partial charge in [0.2, 0.25) is 0 Å². The van der Waals surface area contributed by atoms with E-state index < -0.39 is 0 Å². The summed E-state index contributed by atoms with van der Waals surface area (Å²) in [5, 5.41) is 0. The summed E-state index contributed by atoms with van der Waals surface area (Å²) in [6, 6.07) is 13.7. The van der Waals surface area contributed by atoms with Gasteiger partial charge in [0.15, 0.2) is 0 Å². The van der Waals surface area contributed by atoms with Gasteiger partial charge < -0.3 is 4.74 Å². The van der Waals surface area contributed by atoms with Crippen LogP contribution in [0.2, 0.25) is 0 Å². The van der Waals surface area contributed by atoms with Crippen molar-refractivity contribution in [3.63, 3.8) is 0 Å². The molecule has 0 saturated carbocycles. The largest absolute Gasteiger partial charge is 0.465 e. The van der Waals surface area contributed by atoms with Crippen molar-refractivity contribution in [2.75, 3.05) is 7.11 Å². The fourth-order valence-corrected chi connectivity index (χ4v) is 2.22. The third kappa shape index (κ3) is 2.62. The zero-order valence-corrected chi connectivity index (χ0v) is 11.8. The minimum Gasteiger partial charge on any atom is -0.465 e. The van der Waals surface area contributed by atoms with Crippen LogP contribution in [0.15, 0.2) is 46.9 Å². The number of ether oxygens (including phenoxy) is 1. The molecule has 92 valence electrons. The van der Waals surface area contributed by atoms with E-state index in [2.05, 4.69) is 22.0 Å². The van der Waals surface area contributed by atoms with Gasteiger partial charge in [-0.1, -0.05) is 51.8 Å². The standard InChI is InChI=1S/C15H13BrO2/c1-10-4-3-5-11(8-10)13-7-6-12(16)9-14(13)15(17)18-2/h3-9H,1-2H3. The number of halogens is 1. The van der Waals surface area contributed by atoms with Gasteiger partial charge in [0.05, 0.1) is 12.7 Å². The van der Waals surface area contributed by atoms with E-state index in [1.165, 1.54) is 7.11 Å². The molecule has 0 aliphatic heterocycles. The van der Waals surface area contributed by atoms with Crippen LogP contribution >= 0.6 is 15.9 Å². The van der Waals surface area contributed by atoms with Crippen LogP contribution in [0.25, 0.3) is 11.1 Å². The van der Waals surface area contributed by atoms with Crippen molar-refractivity contribution in [3.05, 3.63) is 58.1 Å². The van der Waals surface area contributed by atoms with Crippen LogP contribution in [0.4, 0.5) is 0 Å². The Labute approximate surface area is 115 Å². The molecule has 0 saturated heterocycles. The zero-order chi connectivity index (χ0) is 13.1. The Kier molecular flexibility index (Phi) is 3.82. The lowest BCUT2D eigenvalue weighted by Crippen LogP contribution is -2.03. The first kappa shape index (κ1) is 12.8. The third-order valence-corrected chi connectivity index (χ3v) is 3.21. The van der Waals surface area contributed by atoms with Crippen molar-refractivity contribution in [1.29, 1.82) is 0 Å². The van der Waals surface area contributed by atoms with Gasteiger partial charge in [0.1, 0.15) is 0 Å². The molecule has 0 aliphatic rings. The third-order valence-electron chi connectivity index (χ3n) is 2.72. The number of aryl methyl sites for hydroxylation is 1. The van der Waals surface area contributed by atoms with Gasteiger partial charge in [-0.3, -0.25) is 0 Å². The van der Waals surface area contributed by atoms with Crippen LogP contribution in [-0.2, 0) is 4.74 Å². The molecule has 2 nitrogen and oxygen atoms in total. The fraction of sp³-hybridized carbons (Fsp3) is 0.133. The van der Waals surface area contributed by atoms with Crippen LogP contribution < -0.4 is 0 Å². The summed E-state index contributed by atoms with van der Waals surface area (Å²) < 4.78 is 5.68. The molecule has 3 heteroatoms. The highest BCUT2D eigenvalue weighted by atomic mass is 79.9. The van der Waals surface area contributed by atoms with Gasteiger partial charge in [-0.25, -0.2) is 4.79 Å². The molecular formula is C15H13BrO2. The van der Waals surface area contributed by atoms with E-state index in [1.807, 2.05) is 37.3 Å². The molecule has 2 aromatic rings. The zero-order valence-electron chi connectivity index (χ0n) is 10.2. The Hall–Kier alpha value is -1.61. The Morgan fingerprint density at radius 2 is 1.94 bits per heavy atom. The Morgan fingerprint density at radius 1 is 1.17 bits per heavy atom. The lowest BCUT2D eigenvalue weighted by atomic mass is 9.98. The number of hydrogen-bond donors (Lipinski definition) is 0. The molecule has 2 rings (SSSR count). The van der Waals surface area contributed by atoms with Crippen LogP contribution in [0.1, 0.15) is 15.9 Å². The minimum absolute atomic E-state index is 0.326. The first-order valence-corrected chi connectivity index (χ1v) is 6.36. The van der Waals surface area contributed by atoms with Crippen LogP contribution in [0.5, 0.6) is 0 Å². The van der Waals surface area contributed by atoms with Gasteiger partial charge >= 0.3 is 5.97 Å². The van der Waals surface area contributed by atoms with Crippen molar-refractivity contribution >= 4 is 21.9 Å². The molecule has 0 bridgehead atoms. The smallest absolute Gasteiger partial charge is 0.338 e. The predicted molar refractivity (Wildman–Crippen MR) is 75.7 cm³/mol. The topological polar surface area (TPSA) is 26.3 Å². The quantitative estimate of drug-likeness (QED) is 0.777. The summed E-state index contributed by atoms with van der Waals surface area (Å²) in [6.07, 6.45) is 0. The predicted octanol–water partition coefficient (Wildman–Crippen LogP) is 4.21. The SMILES string of the molecule is COC(=O)c1cc(Br)ccc1-c1cccc(C)c1. The highest BCUT2D eigenvalue weighted by Crippen LogP contribution is 2.27. The van der Waals surface area contributed by atoms with Crippen molar-refractivity contribution in [2.45, 2.75) is 6.92 Å². The minimum atomic E-state index is -0.326. The van der Waals surface area contributed by atoms with Gasteiger partial charge in [0, 0.05) is 4.47 Å². The Balaban J connectivity index is 2.60. The van der Waals surface area contributed by atoms with E-state index >= 15 is 0 Å². The number of esters is 1. The molecule has 18 heavy (non-hydrogen) atoms.